The minimum Gasteiger partial charge on any atom is -0.468 e. The Morgan fingerprint density at radius 2 is 2.25 bits per heavy atom. The third-order valence-corrected chi connectivity index (χ3v) is 4.68. The minimum absolute atomic E-state index is 0.182. The van der Waals surface area contributed by atoms with E-state index in [1.54, 1.807) is 6.20 Å². The quantitative estimate of drug-likeness (QED) is 0.815. The van der Waals surface area contributed by atoms with Gasteiger partial charge in [-0.25, -0.2) is 4.79 Å². The number of hydrogen-bond donors (Lipinski definition) is 1. The predicted molar refractivity (Wildman–Crippen MR) is 75.6 cm³/mol. The van der Waals surface area contributed by atoms with Crippen molar-refractivity contribution >= 4 is 17.6 Å². The van der Waals surface area contributed by atoms with Crippen LogP contribution >= 0.6 is 11.6 Å². The van der Waals surface area contributed by atoms with E-state index in [9.17, 15) is 4.79 Å². The largest absolute Gasteiger partial charge is 0.468 e. The third kappa shape index (κ3) is 2.44. The second-order valence-corrected chi connectivity index (χ2v) is 6.30. The molecule has 6 heteroatoms. The zero-order valence-electron chi connectivity index (χ0n) is 11.9. The first-order valence-electron chi connectivity index (χ1n) is 7.11. The van der Waals surface area contributed by atoms with Crippen LogP contribution in [0.25, 0.3) is 0 Å². The van der Waals surface area contributed by atoms with Gasteiger partial charge in [0, 0.05) is 6.04 Å². The SMILES string of the molecule is COC(=O)C(Cn1ncc(Cl)c1C)(NC1CC1)C1CC1. The normalized spacial score (nSPS) is 21.6. The summed E-state index contributed by atoms with van der Waals surface area (Å²) in [5.74, 6) is 0.149. The summed E-state index contributed by atoms with van der Waals surface area (Å²) in [7, 11) is 1.46. The lowest BCUT2D eigenvalue weighted by Gasteiger charge is -2.33. The molecule has 2 aliphatic carbocycles. The van der Waals surface area contributed by atoms with Gasteiger partial charge >= 0.3 is 5.97 Å². The molecular formula is C14H20ClN3O2. The Labute approximate surface area is 123 Å². The second kappa shape index (κ2) is 5.04. The molecule has 3 rings (SSSR count). The number of nitrogens with one attached hydrogen (secondary N) is 1. The molecule has 1 atom stereocenters. The molecule has 110 valence electrons. The van der Waals surface area contributed by atoms with Crippen LogP contribution in [0.4, 0.5) is 0 Å². The lowest BCUT2D eigenvalue weighted by molar-refractivity contribution is -0.150. The van der Waals surface area contributed by atoms with Crippen LogP contribution in [-0.4, -0.2) is 34.4 Å². The molecule has 2 fully saturated rings. The van der Waals surface area contributed by atoms with Gasteiger partial charge in [-0.15, -0.1) is 0 Å². The molecule has 1 aromatic heterocycles. The van der Waals surface area contributed by atoms with Crippen molar-refractivity contribution in [2.24, 2.45) is 5.92 Å². The van der Waals surface area contributed by atoms with Crippen molar-refractivity contribution < 1.29 is 9.53 Å². The fourth-order valence-electron chi connectivity index (χ4n) is 2.75. The molecule has 2 aliphatic rings. The Balaban J connectivity index is 1.90. The standard InChI is InChI=1S/C14H20ClN3O2/c1-9-12(15)7-16-18(9)8-14(10-3-4-10,13(19)20-2)17-11-5-6-11/h7,10-11,17H,3-6,8H2,1-2H3. The second-order valence-electron chi connectivity index (χ2n) is 5.89. The van der Waals surface area contributed by atoms with Crippen LogP contribution in [0, 0.1) is 12.8 Å². The molecule has 2 saturated carbocycles. The number of methoxy groups -OCH3 is 1. The predicted octanol–water partition coefficient (Wildman–Crippen LogP) is 1.92. The van der Waals surface area contributed by atoms with Crippen LogP contribution in [0.2, 0.25) is 5.02 Å². The van der Waals surface area contributed by atoms with Crippen LogP contribution in [0.15, 0.2) is 6.20 Å². The van der Waals surface area contributed by atoms with Crippen molar-refractivity contribution in [3.8, 4) is 0 Å². The van der Waals surface area contributed by atoms with Gasteiger partial charge in [-0.3, -0.25) is 10.00 Å². The molecule has 0 amide bonds. The average Bonchev–Trinajstić information content (AvgIpc) is 3.33. The van der Waals surface area contributed by atoms with Gasteiger partial charge < -0.3 is 4.74 Å². The van der Waals surface area contributed by atoms with Crippen LogP contribution in [0.3, 0.4) is 0 Å². The number of esters is 1. The van der Waals surface area contributed by atoms with Gasteiger partial charge in [-0.05, 0) is 38.5 Å². The Bertz CT molecular complexity index is 522. The lowest BCUT2D eigenvalue weighted by Crippen LogP contribution is -2.58. The maximum absolute atomic E-state index is 12.4. The lowest BCUT2D eigenvalue weighted by atomic mass is 9.92. The fourth-order valence-corrected chi connectivity index (χ4v) is 2.89. The smallest absolute Gasteiger partial charge is 0.328 e. The van der Waals surface area contributed by atoms with Crippen LogP contribution in [0.5, 0.6) is 0 Å². The summed E-state index contributed by atoms with van der Waals surface area (Å²) in [5, 5.41) is 8.45. The molecule has 20 heavy (non-hydrogen) atoms. The first kappa shape index (κ1) is 13.9. The molecule has 0 spiro atoms. The minimum atomic E-state index is -0.657. The number of aromatic nitrogens is 2. The van der Waals surface area contributed by atoms with E-state index in [-0.39, 0.29) is 5.97 Å². The molecule has 5 nitrogen and oxygen atoms in total. The van der Waals surface area contributed by atoms with Crippen molar-refractivity contribution in [2.45, 2.75) is 50.7 Å². The van der Waals surface area contributed by atoms with E-state index in [0.717, 1.165) is 31.4 Å². The van der Waals surface area contributed by atoms with Gasteiger partial charge in [0.15, 0.2) is 0 Å². The summed E-state index contributed by atoms with van der Waals surface area (Å²) in [5.41, 5.74) is 0.230. The highest BCUT2D eigenvalue weighted by molar-refractivity contribution is 6.31. The van der Waals surface area contributed by atoms with Gasteiger partial charge in [-0.1, -0.05) is 11.6 Å². The van der Waals surface area contributed by atoms with E-state index in [1.807, 2.05) is 11.6 Å². The van der Waals surface area contributed by atoms with Crippen molar-refractivity contribution in [3.63, 3.8) is 0 Å². The number of nitrogens with zero attached hydrogens (tertiary/aromatic N) is 2. The zero-order valence-corrected chi connectivity index (χ0v) is 12.6. The molecule has 0 radical (unpaired) electrons. The highest BCUT2D eigenvalue weighted by Gasteiger charge is 2.54. The van der Waals surface area contributed by atoms with Gasteiger partial charge in [0.1, 0.15) is 5.54 Å². The maximum atomic E-state index is 12.4. The van der Waals surface area contributed by atoms with Crippen molar-refractivity contribution in [3.05, 3.63) is 16.9 Å². The average molecular weight is 298 g/mol. The van der Waals surface area contributed by atoms with Crippen molar-refractivity contribution in [2.75, 3.05) is 7.11 Å². The monoisotopic (exact) mass is 297 g/mol. The summed E-state index contributed by atoms with van der Waals surface area (Å²) < 4.78 is 6.90. The van der Waals surface area contributed by atoms with E-state index in [0.29, 0.717) is 23.5 Å². The molecule has 0 aromatic carbocycles. The molecule has 1 aromatic rings. The summed E-state index contributed by atoms with van der Waals surface area (Å²) in [6.45, 7) is 2.40. The molecular weight excluding hydrogens is 278 g/mol. The van der Waals surface area contributed by atoms with E-state index in [1.165, 1.54) is 7.11 Å². The Hall–Kier alpha value is -1.07. The number of carbonyl (C=O) groups is 1. The number of halogens is 1. The van der Waals surface area contributed by atoms with Crippen LogP contribution < -0.4 is 5.32 Å². The van der Waals surface area contributed by atoms with Crippen LogP contribution in [-0.2, 0) is 16.1 Å². The Kier molecular flexibility index (Phi) is 3.50. The molecule has 0 saturated heterocycles. The fraction of sp³-hybridized carbons (Fsp3) is 0.714. The van der Waals surface area contributed by atoms with Crippen molar-refractivity contribution in [1.82, 2.24) is 15.1 Å². The summed E-state index contributed by atoms with van der Waals surface area (Å²) in [6.07, 6.45) is 6.00. The number of ether oxygens (including phenoxy) is 1. The summed E-state index contributed by atoms with van der Waals surface area (Å²) in [6, 6.07) is 0.432. The van der Waals surface area contributed by atoms with Gasteiger partial charge in [0.25, 0.3) is 0 Å². The summed E-state index contributed by atoms with van der Waals surface area (Å²) >= 11 is 6.07. The van der Waals surface area contributed by atoms with Crippen molar-refractivity contribution in [1.29, 1.82) is 0 Å². The first-order valence-corrected chi connectivity index (χ1v) is 7.48. The highest BCUT2D eigenvalue weighted by atomic mass is 35.5. The highest BCUT2D eigenvalue weighted by Crippen LogP contribution is 2.43. The number of hydrogen-bond acceptors (Lipinski definition) is 4. The summed E-state index contributed by atoms with van der Waals surface area (Å²) in [4.78, 5) is 12.4. The van der Waals surface area contributed by atoms with Gasteiger partial charge in [0.05, 0.1) is 30.6 Å². The Morgan fingerprint density at radius 3 is 2.70 bits per heavy atom. The van der Waals surface area contributed by atoms with E-state index in [2.05, 4.69) is 10.4 Å². The topological polar surface area (TPSA) is 56.2 Å². The molecule has 1 unspecified atom stereocenters. The zero-order chi connectivity index (χ0) is 14.3. The number of carbonyl (C=O) groups excluding carboxylic acids is 1. The Morgan fingerprint density at radius 1 is 1.55 bits per heavy atom. The van der Waals surface area contributed by atoms with Crippen LogP contribution in [0.1, 0.15) is 31.4 Å². The molecule has 0 bridgehead atoms. The third-order valence-electron chi connectivity index (χ3n) is 4.31. The van der Waals surface area contributed by atoms with E-state index < -0.39 is 5.54 Å². The number of rotatable bonds is 6. The molecule has 1 heterocycles. The first-order chi connectivity index (χ1) is 9.56. The molecule has 0 aliphatic heterocycles. The van der Waals surface area contributed by atoms with E-state index in [4.69, 9.17) is 16.3 Å². The van der Waals surface area contributed by atoms with E-state index >= 15 is 0 Å². The molecule has 1 N–H and O–H groups in total. The van der Waals surface area contributed by atoms with Gasteiger partial charge in [0.2, 0.25) is 0 Å². The maximum Gasteiger partial charge on any atom is 0.328 e. The van der Waals surface area contributed by atoms with Gasteiger partial charge in [-0.2, -0.15) is 5.10 Å².